The Kier molecular flexibility index (Phi) is 4.54. The standard InChI is InChI=1S/C18H17F3N4O2/c1-17(10-15(26)25(2)16(22)24-17)12-6-7-23-14(9-12)11-4-3-5-13(8-11)27-18(19,20)21/h3-9H,10H2,1-2H3,(H2,22,24)/t17-/m0/s1. The van der Waals surface area contributed by atoms with Crippen LogP contribution >= 0.6 is 0 Å². The van der Waals surface area contributed by atoms with Crippen molar-refractivity contribution < 1.29 is 22.7 Å². The van der Waals surface area contributed by atoms with Gasteiger partial charge in [0.15, 0.2) is 5.96 Å². The van der Waals surface area contributed by atoms with E-state index in [1.807, 2.05) is 0 Å². The quantitative estimate of drug-likeness (QED) is 0.860. The van der Waals surface area contributed by atoms with E-state index in [0.29, 0.717) is 16.8 Å². The highest BCUT2D eigenvalue weighted by Gasteiger charge is 2.38. The molecule has 2 aromatic rings. The van der Waals surface area contributed by atoms with E-state index in [-0.39, 0.29) is 24.0 Å². The average molecular weight is 378 g/mol. The highest BCUT2D eigenvalue weighted by atomic mass is 19.4. The van der Waals surface area contributed by atoms with Crippen LogP contribution in [0.25, 0.3) is 11.3 Å². The van der Waals surface area contributed by atoms with E-state index in [0.717, 1.165) is 0 Å². The molecule has 0 bridgehead atoms. The molecule has 0 spiro atoms. The number of ether oxygens (including phenoxy) is 1. The van der Waals surface area contributed by atoms with E-state index in [1.165, 1.54) is 36.3 Å². The summed E-state index contributed by atoms with van der Waals surface area (Å²) >= 11 is 0. The van der Waals surface area contributed by atoms with Crippen LogP contribution in [0.5, 0.6) is 5.75 Å². The molecule has 2 heterocycles. The lowest BCUT2D eigenvalue weighted by atomic mass is 9.86. The number of nitrogens with zero attached hydrogens (tertiary/aromatic N) is 2. The van der Waals surface area contributed by atoms with Gasteiger partial charge < -0.3 is 10.1 Å². The van der Waals surface area contributed by atoms with Crippen molar-refractivity contribution in [3.05, 3.63) is 48.2 Å². The summed E-state index contributed by atoms with van der Waals surface area (Å²) in [6.07, 6.45) is -3.13. The van der Waals surface area contributed by atoms with Crippen LogP contribution in [0.4, 0.5) is 13.2 Å². The molecule has 1 saturated heterocycles. The van der Waals surface area contributed by atoms with Gasteiger partial charge in [0.1, 0.15) is 5.75 Å². The van der Waals surface area contributed by atoms with Crippen molar-refractivity contribution in [2.75, 3.05) is 7.05 Å². The van der Waals surface area contributed by atoms with Crippen molar-refractivity contribution >= 4 is 11.9 Å². The Balaban J connectivity index is 1.94. The fourth-order valence-electron chi connectivity index (χ4n) is 2.89. The maximum atomic E-state index is 12.4. The van der Waals surface area contributed by atoms with Crippen molar-refractivity contribution in [3.63, 3.8) is 0 Å². The van der Waals surface area contributed by atoms with Crippen molar-refractivity contribution in [3.8, 4) is 17.0 Å². The van der Waals surface area contributed by atoms with E-state index in [9.17, 15) is 18.0 Å². The molecule has 6 nitrogen and oxygen atoms in total. The van der Waals surface area contributed by atoms with Gasteiger partial charge in [-0.25, -0.2) is 0 Å². The molecule has 0 radical (unpaired) electrons. The van der Waals surface area contributed by atoms with Gasteiger partial charge in [0, 0.05) is 18.8 Å². The smallest absolute Gasteiger partial charge is 0.406 e. The van der Waals surface area contributed by atoms with Crippen molar-refractivity contribution in [1.29, 1.82) is 5.41 Å². The SMILES string of the molecule is CN1C(=N)N[C@](C)(c2ccnc(-c3cccc(OC(F)(F)F)c3)c2)CC1=O. The Bertz CT molecular complexity index is 880. The number of guanidine groups is 1. The molecule has 1 aromatic heterocycles. The van der Waals surface area contributed by atoms with E-state index in [1.54, 1.807) is 25.1 Å². The van der Waals surface area contributed by atoms with Crippen LogP contribution in [-0.4, -0.2) is 35.2 Å². The summed E-state index contributed by atoms with van der Waals surface area (Å²) in [5.41, 5.74) is 0.747. The van der Waals surface area contributed by atoms with Crippen LogP contribution in [0.2, 0.25) is 0 Å². The van der Waals surface area contributed by atoms with Gasteiger partial charge in [-0.2, -0.15) is 0 Å². The molecule has 1 aliphatic rings. The first-order valence-corrected chi connectivity index (χ1v) is 8.03. The lowest BCUT2D eigenvalue weighted by Crippen LogP contribution is -2.58. The van der Waals surface area contributed by atoms with E-state index in [2.05, 4.69) is 15.0 Å². The predicted molar refractivity (Wildman–Crippen MR) is 92.0 cm³/mol. The molecule has 0 aliphatic carbocycles. The molecule has 2 N–H and O–H groups in total. The zero-order chi connectivity index (χ0) is 19.8. The van der Waals surface area contributed by atoms with Gasteiger partial charge in [0.2, 0.25) is 5.91 Å². The van der Waals surface area contributed by atoms with Crippen molar-refractivity contribution in [2.24, 2.45) is 0 Å². The number of halogens is 3. The average Bonchev–Trinajstić information content (AvgIpc) is 2.58. The number of pyridine rings is 1. The second-order valence-electron chi connectivity index (χ2n) is 6.44. The maximum Gasteiger partial charge on any atom is 0.573 e. The highest BCUT2D eigenvalue weighted by Crippen LogP contribution is 2.32. The molecule has 0 unspecified atom stereocenters. The molecule has 1 amide bonds. The Morgan fingerprint density at radius 3 is 2.70 bits per heavy atom. The molecule has 9 heteroatoms. The molecule has 1 atom stereocenters. The number of amides is 1. The van der Waals surface area contributed by atoms with Gasteiger partial charge >= 0.3 is 6.36 Å². The van der Waals surface area contributed by atoms with Crippen LogP contribution in [0.15, 0.2) is 42.6 Å². The van der Waals surface area contributed by atoms with E-state index >= 15 is 0 Å². The first kappa shape index (κ1) is 18.7. The number of hydrogen-bond acceptors (Lipinski definition) is 4. The minimum atomic E-state index is -4.78. The van der Waals surface area contributed by atoms with Gasteiger partial charge in [-0.3, -0.25) is 20.1 Å². The number of rotatable bonds is 3. The van der Waals surface area contributed by atoms with Crippen LogP contribution in [0, 0.1) is 5.41 Å². The molecule has 1 aromatic carbocycles. The van der Waals surface area contributed by atoms with Gasteiger partial charge in [-0.05, 0) is 36.8 Å². The molecule has 142 valence electrons. The molecular weight excluding hydrogens is 361 g/mol. The largest absolute Gasteiger partial charge is 0.573 e. The number of carbonyl (C=O) groups is 1. The molecule has 0 saturated carbocycles. The van der Waals surface area contributed by atoms with E-state index < -0.39 is 11.9 Å². The predicted octanol–water partition coefficient (Wildman–Crippen LogP) is 3.25. The Labute approximate surface area is 153 Å². The second-order valence-corrected chi connectivity index (χ2v) is 6.44. The number of alkyl halides is 3. The Morgan fingerprint density at radius 1 is 1.30 bits per heavy atom. The number of aromatic nitrogens is 1. The van der Waals surface area contributed by atoms with Crippen LogP contribution < -0.4 is 10.1 Å². The monoisotopic (exact) mass is 378 g/mol. The summed E-state index contributed by atoms with van der Waals surface area (Å²) in [6.45, 7) is 1.79. The Hall–Kier alpha value is -3.10. The first-order valence-electron chi connectivity index (χ1n) is 8.03. The summed E-state index contributed by atoms with van der Waals surface area (Å²) in [6, 6.07) is 8.91. The summed E-state index contributed by atoms with van der Waals surface area (Å²) in [5, 5.41) is 10.9. The fraction of sp³-hybridized carbons (Fsp3) is 0.278. The maximum absolute atomic E-state index is 12.4. The number of hydrogen-bond donors (Lipinski definition) is 2. The van der Waals surface area contributed by atoms with Crippen molar-refractivity contribution in [1.82, 2.24) is 15.2 Å². The lowest BCUT2D eigenvalue weighted by molar-refractivity contribution is -0.274. The van der Waals surface area contributed by atoms with Crippen LogP contribution in [-0.2, 0) is 10.3 Å². The normalized spacial score (nSPS) is 20.4. The number of carbonyl (C=O) groups excluding carboxylic acids is 1. The zero-order valence-corrected chi connectivity index (χ0v) is 14.6. The summed E-state index contributed by atoms with van der Waals surface area (Å²) in [5.74, 6) is -0.569. The third-order valence-corrected chi connectivity index (χ3v) is 4.37. The summed E-state index contributed by atoms with van der Waals surface area (Å²) in [7, 11) is 1.52. The summed E-state index contributed by atoms with van der Waals surface area (Å²) < 4.78 is 41.3. The van der Waals surface area contributed by atoms with Crippen LogP contribution in [0.3, 0.4) is 0 Å². The molecule has 3 rings (SSSR count). The second kappa shape index (κ2) is 6.57. The summed E-state index contributed by atoms with van der Waals surface area (Å²) in [4.78, 5) is 17.6. The van der Waals surface area contributed by atoms with Gasteiger partial charge in [-0.1, -0.05) is 12.1 Å². The highest BCUT2D eigenvalue weighted by molar-refractivity contribution is 5.98. The minimum Gasteiger partial charge on any atom is -0.406 e. The zero-order valence-electron chi connectivity index (χ0n) is 14.6. The fourth-order valence-corrected chi connectivity index (χ4v) is 2.89. The first-order chi connectivity index (χ1) is 12.6. The van der Waals surface area contributed by atoms with Gasteiger partial charge in [0.25, 0.3) is 0 Å². The third kappa shape index (κ3) is 4.02. The topological polar surface area (TPSA) is 78.3 Å². The molecule has 27 heavy (non-hydrogen) atoms. The van der Waals surface area contributed by atoms with Gasteiger partial charge in [0.05, 0.1) is 17.7 Å². The molecule has 1 fully saturated rings. The van der Waals surface area contributed by atoms with Crippen LogP contribution in [0.1, 0.15) is 18.9 Å². The molecular formula is C18H17F3N4O2. The van der Waals surface area contributed by atoms with Gasteiger partial charge in [-0.15, -0.1) is 13.2 Å². The third-order valence-electron chi connectivity index (χ3n) is 4.37. The van der Waals surface area contributed by atoms with Crippen molar-refractivity contribution in [2.45, 2.75) is 25.2 Å². The van der Waals surface area contributed by atoms with E-state index in [4.69, 9.17) is 5.41 Å². The molecule has 1 aliphatic heterocycles. The minimum absolute atomic E-state index is 0.0207. The Morgan fingerprint density at radius 2 is 2.04 bits per heavy atom. The number of benzene rings is 1. The number of nitrogens with one attached hydrogen (secondary N) is 2. The lowest BCUT2D eigenvalue weighted by Gasteiger charge is -2.39.